The Labute approximate surface area is 99.9 Å². The highest BCUT2D eigenvalue weighted by Gasteiger charge is 2.09. The van der Waals surface area contributed by atoms with Gasteiger partial charge in [0.1, 0.15) is 11.6 Å². The molecule has 3 nitrogen and oxygen atoms in total. The molecule has 0 aliphatic heterocycles. The zero-order valence-electron chi connectivity index (χ0n) is 9.83. The minimum absolute atomic E-state index is 0.242. The Hall–Kier alpha value is -1.68. The number of H-pyrrole nitrogens is 1. The second kappa shape index (κ2) is 5.10. The fourth-order valence-corrected chi connectivity index (χ4v) is 1.83. The van der Waals surface area contributed by atoms with Crippen molar-refractivity contribution in [2.45, 2.75) is 19.8 Å². The molecule has 2 aromatic rings. The molecule has 0 aliphatic carbocycles. The molecule has 0 saturated heterocycles. The van der Waals surface area contributed by atoms with E-state index in [-0.39, 0.29) is 5.82 Å². The van der Waals surface area contributed by atoms with E-state index in [0.29, 0.717) is 6.54 Å². The van der Waals surface area contributed by atoms with E-state index in [4.69, 9.17) is 5.73 Å². The lowest BCUT2D eigenvalue weighted by molar-refractivity contribution is 0.628. The third-order valence-corrected chi connectivity index (χ3v) is 2.65. The van der Waals surface area contributed by atoms with Crippen molar-refractivity contribution < 1.29 is 4.39 Å². The Bertz CT molecular complexity index is 505. The summed E-state index contributed by atoms with van der Waals surface area (Å²) in [4.78, 5) is 7.69. The summed E-state index contributed by atoms with van der Waals surface area (Å²) in [5.74, 6) is 0.667. The van der Waals surface area contributed by atoms with E-state index in [1.807, 2.05) is 13.0 Å². The summed E-state index contributed by atoms with van der Waals surface area (Å²) in [6.45, 7) is 2.59. The summed E-state index contributed by atoms with van der Waals surface area (Å²) >= 11 is 0. The molecule has 0 aliphatic rings. The second-order valence-corrected chi connectivity index (χ2v) is 4.06. The summed E-state index contributed by atoms with van der Waals surface area (Å²) in [7, 11) is 0. The summed E-state index contributed by atoms with van der Waals surface area (Å²) in [5.41, 5.74) is 8.04. The van der Waals surface area contributed by atoms with Crippen molar-refractivity contribution in [3.05, 3.63) is 41.6 Å². The Kier molecular flexibility index (Phi) is 3.54. The lowest BCUT2D eigenvalue weighted by atomic mass is 10.1. The molecule has 0 amide bonds. The van der Waals surface area contributed by atoms with Gasteiger partial charge < -0.3 is 10.7 Å². The molecule has 0 atom stereocenters. The van der Waals surface area contributed by atoms with Crippen LogP contribution in [0, 0.1) is 12.7 Å². The zero-order valence-corrected chi connectivity index (χ0v) is 9.83. The molecular formula is C13H16FN3. The summed E-state index contributed by atoms with van der Waals surface area (Å²) in [5, 5.41) is 0. The summed E-state index contributed by atoms with van der Waals surface area (Å²) < 4.78 is 13.1. The van der Waals surface area contributed by atoms with Gasteiger partial charge in [0, 0.05) is 17.7 Å². The van der Waals surface area contributed by atoms with Crippen LogP contribution in [0.1, 0.15) is 17.9 Å². The Morgan fingerprint density at radius 2 is 2.24 bits per heavy atom. The first-order valence-electron chi connectivity index (χ1n) is 5.72. The first-order chi connectivity index (χ1) is 8.20. The Balaban J connectivity index is 2.29. The van der Waals surface area contributed by atoms with Gasteiger partial charge >= 0.3 is 0 Å². The highest BCUT2D eigenvalue weighted by atomic mass is 19.1. The van der Waals surface area contributed by atoms with Crippen LogP contribution in [-0.2, 0) is 6.42 Å². The first kappa shape index (κ1) is 11.8. The molecule has 0 radical (unpaired) electrons. The SMILES string of the molecule is Cc1[nH]c(CCCN)nc1-c1cccc(F)c1. The number of rotatable bonds is 4. The van der Waals surface area contributed by atoms with Gasteiger partial charge in [-0.15, -0.1) is 0 Å². The average molecular weight is 233 g/mol. The minimum atomic E-state index is -0.242. The Morgan fingerprint density at radius 1 is 1.41 bits per heavy atom. The van der Waals surface area contributed by atoms with Crippen molar-refractivity contribution in [2.24, 2.45) is 5.73 Å². The predicted molar refractivity (Wildman–Crippen MR) is 66.1 cm³/mol. The molecule has 4 heteroatoms. The topological polar surface area (TPSA) is 54.7 Å². The fraction of sp³-hybridized carbons (Fsp3) is 0.308. The molecule has 0 fully saturated rings. The highest BCUT2D eigenvalue weighted by molar-refractivity contribution is 5.61. The number of aromatic nitrogens is 2. The standard InChI is InChI=1S/C13H16FN3/c1-9-13(10-4-2-5-11(14)8-10)17-12(16-9)6-3-7-15/h2,4-5,8H,3,6-7,15H2,1H3,(H,16,17). The van der Waals surface area contributed by atoms with Crippen molar-refractivity contribution in [2.75, 3.05) is 6.54 Å². The van der Waals surface area contributed by atoms with Gasteiger partial charge in [0.15, 0.2) is 0 Å². The van der Waals surface area contributed by atoms with E-state index < -0.39 is 0 Å². The third-order valence-electron chi connectivity index (χ3n) is 2.65. The number of benzene rings is 1. The largest absolute Gasteiger partial charge is 0.346 e. The number of nitrogens with zero attached hydrogens (tertiary/aromatic N) is 1. The van der Waals surface area contributed by atoms with Crippen LogP contribution in [0.25, 0.3) is 11.3 Å². The second-order valence-electron chi connectivity index (χ2n) is 4.06. The van der Waals surface area contributed by atoms with Crippen LogP contribution in [0.15, 0.2) is 24.3 Å². The van der Waals surface area contributed by atoms with Gasteiger partial charge in [-0.3, -0.25) is 0 Å². The lowest BCUT2D eigenvalue weighted by Crippen LogP contribution is -2.01. The fourth-order valence-electron chi connectivity index (χ4n) is 1.83. The number of hydrogen-bond donors (Lipinski definition) is 2. The third kappa shape index (κ3) is 2.71. The molecular weight excluding hydrogens is 217 g/mol. The van der Waals surface area contributed by atoms with E-state index >= 15 is 0 Å². The number of hydrogen-bond acceptors (Lipinski definition) is 2. The van der Waals surface area contributed by atoms with Gasteiger partial charge in [-0.1, -0.05) is 12.1 Å². The molecule has 3 N–H and O–H groups in total. The van der Waals surface area contributed by atoms with E-state index in [0.717, 1.165) is 35.6 Å². The number of halogens is 1. The number of aryl methyl sites for hydroxylation is 2. The van der Waals surface area contributed by atoms with Crippen molar-refractivity contribution in [3.8, 4) is 11.3 Å². The molecule has 0 unspecified atom stereocenters. The molecule has 17 heavy (non-hydrogen) atoms. The lowest BCUT2D eigenvalue weighted by Gasteiger charge is -1.98. The summed E-state index contributed by atoms with van der Waals surface area (Å²) in [6, 6.07) is 6.48. The number of nitrogens with one attached hydrogen (secondary N) is 1. The molecule has 1 aromatic heterocycles. The van der Waals surface area contributed by atoms with Crippen LogP contribution in [0.2, 0.25) is 0 Å². The van der Waals surface area contributed by atoms with Gasteiger partial charge in [-0.2, -0.15) is 0 Å². The predicted octanol–water partition coefficient (Wildman–Crippen LogP) is 2.42. The Morgan fingerprint density at radius 3 is 2.94 bits per heavy atom. The van der Waals surface area contributed by atoms with E-state index in [1.165, 1.54) is 12.1 Å². The smallest absolute Gasteiger partial charge is 0.123 e. The van der Waals surface area contributed by atoms with Crippen LogP contribution in [0.3, 0.4) is 0 Å². The van der Waals surface area contributed by atoms with Crippen LogP contribution in [0.5, 0.6) is 0 Å². The summed E-state index contributed by atoms with van der Waals surface area (Å²) in [6.07, 6.45) is 1.72. The average Bonchev–Trinajstić information content (AvgIpc) is 2.68. The van der Waals surface area contributed by atoms with Gasteiger partial charge in [-0.05, 0) is 32.0 Å². The zero-order chi connectivity index (χ0) is 12.3. The van der Waals surface area contributed by atoms with Gasteiger partial charge in [-0.25, -0.2) is 9.37 Å². The number of aromatic amines is 1. The van der Waals surface area contributed by atoms with Crippen LogP contribution >= 0.6 is 0 Å². The van der Waals surface area contributed by atoms with Crippen LogP contribution in [-0.4, -0.2) is 16.5 Å². The van der Waals surface area contributed by atoms with Crippen molar-refractivity contribution in [1.82, 2.24) is 9.97 Å². The molecule has 1 heterocycles. The van der Waals surface area contributed by atoms with Crippen LogP contribution < -0.4 is 5.73 Å². The van der Waals surface area contributed by atoms with Gasteiger partial charge in [0.05, 0.1) is 5.69 Å². The molecule has 0 bridgehead atoms. The maximum absolute atomic E-state index is 13.1. The van der Waals surface area contributed by atoms with Gasteiger partial charge in [0.2, 0.25) is 0 Å². The number of imidazole rings is 1. The van der Waals surface area contributed by atoms with E-state index in [9.17, 15) is 4.39 Å². The molecule has 0 saturated carbocycles. The van der Waals surface area contributed by atoms with Crippen molar-refractivity contribution >= 4 is 0 Å². The van der Waals surface area contributed by atoms with E-state index in [2.05, 4.69) is 9.97 Å². The maximum Gasteiger partial charge on any atom is 0.123 e. The molecule has 2 rings (SSSR count). The molecule has 90 valence electrons. The quantitative estimate of drug-likeness (QED) is 0.852. The van der Waals surface area contributed by atoms with E-state index in [1.54, 1.807) is 6.07 Å². The van der Waals surface area contributed by atoms with Crippen molar-refractivity contribution in [1.29, 1.82) is 0 Å². The maximum atomic E-state index is 13.1. The monoisotopic (exact) mass is 233 g/mol. The molecule has 0 spiro atoms. The highest BCUT2D eigenvalue weighted by Crippen LogP contribution is 2.22. The first-order valence-corrected chi connectivity index (χ1v) is 5.72. The molecule has 1 aromatic carbocycles. The van der Waals surface area contributed by atoms with Crippen molar-refractivity contribution in [3.63, 3.8) is 0 Å². The van der Waals surface area contributed by atoms with Gasteiger partial charge in [0.25, 0.3) is 0 Å². The normalized spacial score (nSPS) is 10.8. The van der Waals surface area contributed by atoms with Crippen LogP contribution in [0.4, 0.5) is 4.39 Å². The number of nitrogens with two attached hydrogens (primary N) is 1. The minimum Gasteiger partial charge on any atom is -0.346 e.